The van der Waals surface area contributed by atoms with Crippen molar-refractivity contribution in [2.45, 2.75) is 69.9 Å². The van der Waals surface area contributed by atoms with Gasteiger partial charge in [-0.15, -0.1) is 0 Å². The number of hydrogen-bond donors (Lipinski definition) is 2. The van der Waals surface area contributed by atoms with Gasteiger partial charge in [0, 0.05) is 12.6 Å². The van der Waals surface area contributed by atoms with Crippen molar-refractivity contribution in [3.05, 3.63) is 34.9 Å². The summed E-state index contributed by atoms with van der Waals surface area (Å²) in [7, 11) is 0. The number of carbonyl (C=O) groups excluding carboxylic acids is 1. The highest BCUT2D eigenvalue weighted by atomic mass is 19.4. The van der Waals surface area contributed by atoms with Gasteiger partial charge in [0.05, 0.1) is 23.3 Å². The number of fused-ring (bicyclic) bond motifs is 2. The largest absolute Gasteiger partial charge is 0.490 e. The number of hydrogen-bond acceptors (Lipinski definition) is 7. The molecule has 0 aliphatic carbocycles. The molecule has 2 N–H and O–H groups in total. The van der Waals surface area contributed by atoms with E-state index in [1.165, 1.54) is 13.8 Å². The molecular formula is C26H27F7N6O3. The Morgan fingerprint density at radius 2 is 1.93 bits per heavy atom. The third-order valence-electron chi connectivity index (χ3n) is 7.40. The summed E-state index contributed by atoms with van der Waals surface area (Å²) in [5, 5.41) is 10.2. The number of anilines is 3. The van der Waals surface area contributed by atoms with E-state index in [0.29, 0.717) is 25.0 Å². The van der Waals surface area contributed by atoms with Gasteiger partial charge in [0.15, 0.2) is 24.0 Å². The molecule has 1 amide bonds. The van der Waals surface area contributed by atoms with Crippen molar-refractivity contribution in [2.75, 3.05) is 29.9 Å². The van der Waals surface area contributed by atoms with Gasteiger partial charge >= 0.3 is 12.4 Å². The van der Waals surface area contributed by atoms with E-state index in [4.69, 9.17) is 14.9 Å². The molecule has 2 aromatic rings. The zero-order valence-electron chi connectivity index (χ0n) is 22.5. The second-order valence-corrected chi connectivity index (χ2v) is 10.8. The quantitative estimate of drug-likeness (QED) is 0.270. The minimum Gasteiger partial charge on any atom is -0.490 e. The first-order valence-corrected chi connectivity index (χ1v) is 13.1. The van der Waals surface area contributed by atoms with Crippen LogP contribution in [0.2, 0.25) is 0 Å². The molecule has 1 fully saturated rings. The van der Waals surface area contributed by atoms with Crippen molar-refractivity contribution in [2.24, 2.45) is 0 Å². The van der Waals surface area contributed by atoms with E-state index in [0.717, 1.165) is 15.9 Å². The Bertz CT molecular complexity index is 1410. The van der Waals surface area contributed by atoms with Gasteiger partial charge in [0.25, 0.3) is 6.02 Å². The van der Waals surface area contributed by atoms with Gasteiger partial charge in [-0.2, -0.15) is 26.3 Å². The van der Waals surface area contributed by atoms with Crippen molar-refractivity contribution in [1.82, 2.24) is 14.9 Å². The zero-order chi connectivity index (χ0) is 30.6. The standard InChI is InChI=1S/C26H27F7N6O3/c1-24(2)18-20(35-12-25(28,29)30)36-17(11-42-23(34)38-7-3-6-16(38)26(31,32)33)37-21(18)39(22(24)40)14-9-13-5-4-8-41-19(13)15(27)10-14/h9-10,16,34H,3-8,11-12H2,1-2H3,(H,35,36,37)/t16-/m1/s1. The number of halogens is 7. The number of nitrogens with zero attached hydrogens (tertiary/aromatic N) is 4. The second-order valence-electron chi connectivity index (χ2n) is 10.8. The summed E-state index contributed by atoms with van der Waals surface area (Å²) in [4.78, 5) is 23.9. The number of amidine groups is 1. The average Bonchev–Trinajstić information content (AvgIpc) is 3.48. The third kappa shape index (κ3) is 5.50. The number of likely N-dealkylation sites (tertiary alicyclic amines) is 1. The smallest absolute Gasteiger partial charge is 0.408 e. The molecular weight excluding hydrogens is 577 g/mol. The first-order chi connectivity index (χ1) is 19.6. The lowest BCUT2D eigenvalue weighted by Gasteiger charge is -2.27. The van der Waals surface area contributed by atoms with E-state index in [2.05, 4.69) is 15.3 Å². The number of ether oxygens (including phenoxy) is 2. The van der Waals surface area contributed by atoms with Crippen molar-refractivity contribution in [3.63, 3.8) is 0 Å². The van der Waals surface area contributed by atoms with Crippen LogP contribution in [0.15, 0.2) is 12.1 Å². The van der Waals surface area contributed by atoms with Crippen LogP contribution < -0.4 is 15.0 Å². The first kappa shape index (κ1) is 29.6. The summed E-state index contributed by atoms with van der Waals surface area (Å²) < 4.78 is 105. The Kier molecular flexibility index (Phi) is 7.38. The molecule has 1 aromatic carbocycles. The number of alkyl halides is 6. The van der Waals surface area contributed by atoms with E-state index in [-0.39, 0.29) is 53.8 Å². The molecule has 0 unspecified atom stereocenters. The monoisotopic (exact) mass is 604 g/mol. The van der Waals surface area contributed by atoms with Gasteiger partial charge in [-0.25, -0.2) is 14.4 Å². The molecule has 228 valence electrons. The van der Waals surface area contributed by atoms with Crippen LogP contribution in [-0.4, -0.2) is 64.9 Å². The molecule has 1 atom stereocenters. The normalized spacial score (nSPS) is 19.8. The predicted molar refractivity (Wildman–Crippen MR) is 135 cm³/mol. The van der Waals surface area contributed by atoms with Gasteiger partial charge in [0.2, 0.25) is 5.91 Å². The number of nitrogens with one attached hydrogen (secondary N) is 2. The van der Waals surface area contributed by atoms with Crippen LogP contribution in [-0.2, 0) is 28.0 Å². The topological polar surface area (TPSA) is 104 Å². The molecule has 4 heterocycles. The summed E-state index contributed by atoms with van der Waals surface area (Å²) >= 11 is 0. The Labute approximate surface area is 235 Å². The van der Waals surface area contributed by atoms with Crippen LogP contribution in [0.4, 0.5) is 48.1 Å². The van der Waals surface area contributed by atoms with Crippen molar-refractivity contribution >= 4 is 29.3 Å². The fourth-order valence-electron chi connectivity index (χ4n) is 5.44. The summed E-state index contributed by atoms with van der Waals surface area (Å²) in [6.45, 7) is 0.986. The predicted octanol–water partition coefficient (Wildman–Crippen LogP) is 5.35. The van der Waals surface area contributed by atoms with Crippen molar-refractivity contribution < 1.29 is 45.0 Å². The number of carbonyl (C=O) groups is 1. The van der Waals surface area contributed by atoms with Gasteiger partial charge in [-0.1, -0.05) is 0 Å². The number of amides is 1. The number of aromatic nitrogens is 2. The van der Waals surface area contributed by atoms with Crippen molar-refractivity contribution in [1.29, 1.82) is 5.41 Å². The van der Waals surface area contributed by atoms with Crippen molar-refractivity contribution in [3.8, 4) is 5.75 Å². The average molecular weight is 605 g/mol. The maximum Gasteiger partial charge on any atom is 0.408 e. The van der Waals surface area contributed by atoms with Crippen LogP contribution in [0.5, 0.6) is 5.75 Å². The highest BCUT2D eigenvalue weighted by Crippen LogP contribution is 2.48. The molecule has 16 heteroatoms. The molecule has 42 heavy (non-hydrogen) atoms. The number of rotatable bonds is 5. The zero-order valence-corrected chi connectivity index (χ0v) is 22.5. The lowest BCUT2D eigenvalue weighted by Crippen LogP contribution is -2.45. The van der Waals surface area contributed by atoms with E-state index in [1.54, 1.807) is 6.07 Å². The van der Waals surface area contributed by atoms with Crippen LogP contribution in [0.25, 0.3) is 0 Å². The van der Waals surface area contributed by atoms with E-state index in [9.17, 15) is 31.1 Å². The van der Waals surface area contributed by atoms with Gasteiger partial charge < -0.3 is 19.7 Å². The fraction of sp³-hybridized carbons (Fsp3) is 0.538. The van der Waals surface area contributed by atoms with E-state index < -0.39 is 54.7 Å². The van der Waals surface area contributed by atoms with E-state index >= 15 is 4.39 Å². The molecule has 9 nitrogen and oxygen atoms in total. The molecule has 0 saturated carbocycles. The molecule has 3 aliphatic rings. The SMILES string of the molecule is CC1(C)C(=O)N(c2cc(F)c3c(c2)CCCO3)c2nc(COC(=N)N3CCC[C@@H]3C(F)(F)F)nc(NCC(F)(F)F)c21. The van der Waals surface area contributed by atoms with Crippen LogP contribution >= 0.6 is 0 Å². The molecule has 1 saturated heterocycles. The lowest BCUT2D eigenvalue weighted by atomic mass is 9.87. The molecule has 0 radical (unpaired) electrons. The Balaban J connectivity index is 1.53. The minimum atomic E-state index is -4.66. The van der Waals surface area contributed by atoms with Crippen LogP contribution in [0.3, 0.4) is 0 Å². The fourth-order valence-corrected chi connectivity index (χ4v) is 5.44. The summed E-state index contributed by atoms with van der Waals surface area (Å²) in [6, 6.07) is -0.1000. The van der Waals surface area contributed by atoms with E-state index in [1.807, 2.05) is 0 Å². The summed E-state index contributed by atoms with van der Waals surface area (Å²) in [5.74, 6) is -2.08. The van der Waals surface area contributed by atoms with Crippen LogP contribution in [0, 0.1) is 11.2 Å². The Hall–Kier alpha value is -3.85. The summed E-state index contributed by atoms with van der Waals surface area (Å²) in [5.41, 5.74) is -0.865. The number of aryl methyl sites for hydroxylation is 1. The highest BCUT2D eigenvalue weighted by Gasteiger charge is 2.50. The van der Waals surface area contributed by atoms with Gasteiger partial charge in [-0.3, -0.25) is 15.1 Å². The molecule has 0 spiro atoms. The van der Waals surface area contributed by atoms with Crippen LogP contribution in [0.1, 0.15) is 50.1 Å². The lowest BCUT2D eigenvalue weighted by molar-refractivity contribution is -0.169. The second kappa shape index (κ2) is 10.5. The van der Waals surface area contributed by atoms with Gasteiger partial charge in [-0.05, 0) is 51.2 Å². The molecule has 0 bridgehead atoms. The number of benzene rings is 1. The molecule has 5 rings (SSSR count). The highest BCUT2D eigenvalue weighted by molar-refractivity contribution is 6.12. The maximum absolute atomic E-state index is 15.0. The van der Waals surface area contributed by atoms with Gasteiger partial charge in [0.1, 0.15) is 24.2 Å². The maximum atomic E-state index is 15.0. The first-order valence-electron chi connectivity index (χ1n) is 13.1. The minimum absolute atomic E-state index is 0.0154. The third-order valence-corrected chi connectivity index (χ3v) is 7.40. The Morgan fingerprint density at radius 3 is 2.62 bits per heavy atom. The molecule has 3 aliphatic heterocycles. The Morgan fingerprint density at radius 1 is 1.19 bits per heavy atom. The summed E-state index contributed by atoms with van der Waals surface area (Å²) in [6.07, 6.45) is -8.20. The molecule has 1 aromatic heterocycles.